The highest BCUT2D eigenvalue weighted by atomic mass is 32.1. The predicted molar refractivity (Wildman–Crippen MR) is 92.8 cm³/mol. The Balaban J connectivity index is 2.41. The highest BCUT2D eigenvalue weighted by molar-refractivity contribution is 7.80. The molecule has 1 aromatic rings. The number of hydrogen-bond acceptors (Lipinski definition) is 4. The molecular weight excluding hydrogens is 312 g/mol. The van der Waals surface area contributed by atoms with Crippen molar-refractivity contribution in [2.24, 2.45) is 0 Å². The predicted octanol–water partition coefficient (Wildman–Crippen LogP) is 2.29. The summed E-state index contributed by atoms with van der Waals surface area (Å²) in [6.45, 7) is 7.65. The van der Waals surface area contributed by atoms with Gasteiger partial charge in [-0.2, -0.15) is 0 Å². The second-order valence-corrected chi connectivity index (χ2v) is 5.61. The average molecular weight is 330 g/mol. The highest BCUT2D eigenvalue weighted by Crippen LogP contribution is 2.23. The lowest BCUT2D eigenvalue weighted by Gasteiger charge is -2.27. The first-order valence-corrected chi connectivity index (χ1v) is 7.60. The Hall–Kier alpha value is -2.47. The van der Waals surface area contributed by atoms with Gasteiger partial charge in [0.15, 0.2) is 5.11 Å². The van der Waals surface area contributed by atoms with Crippen molar-refractivity contribution in [2.75, 3.05) is 6.54 Å². The average Bonchev–Trinajstić information content (AvgIpc) is 2.49. The molecule has 23 heavy (non-hydrogen) atoms. The molecule has 2 rings (SSSR count). The van der Waals surface area contributed by atoms with E-state index in [2.05, 4.69) is 11.9 Å². The molecule has 1 aromatic carbocycles. The molecule has 5 nitrogen and oxygen atoms in total. The molecule has 0 unspecified atom stereocenters. The van der Waals surface area contributed by atoms with Crippen molar-refractivity contribution in [3.63, 3.8) is 0 Å². The van der Waals surface area contributed by atoms with Crippen LogP contribution in [0.4, 0.5) is 0 Å². The minimum atomic E-state index is -0.514. The molecule has 0 aromatic heterocycles. The van der Waals surface area contributed by atoms with E-state index in [9.17, 15) is 9.59 Å². The summed E-state index contributed by atoms with van der Waals surface area (Å²) < 4.78 is 5.71. The third kappa shape index (κ3) is 3.84. The number of hydrogen-bond donors (Lipinski definition) is 1. The van der Waals surface area contributed by atoms with Gasteiger partial charge in [0.2, 0.25) is 0 Å². The number of thiocarbonyl (C=S) groups is 1. The molecule has 1 fully saturated rings. The summed E-state index contributed by atoms with van der Waals surface area (Å²) in [5.41, 5.74) is 0.673. The molecule has 1 aliphatic heterocycles. The molecule has 0 bridgehead atoms. The Morgan fingerprint density at radius 2 is 2.04 bits per heavy atom. The summed E-state index contributed by atoms with van der Waals surface area (Å²) in [7, 11) is 0. The molecule has 1 aliphatic rings. The molecule has 1 heterocycles. The summed E-state index contributed by atoms with van der Waals surface area (Å²) >= 11 is 5.02. The van der Waals surface area contributed by atoms with Crippen molar-refractivity contribution in [1.82, 2.24) is 10.2 Å². The van der Waals surface area contributed by atoms with Gasteiger partial charge >= 0.3 is 0 Å². The first-order valence-electron chi connectivity index (χ1n) is 7.19. The number of rotatable bonds is 5. The molecule has 0 radical (unpaired) electrons. The summed E-state index contributed by atoms with van der Waals surface area (Å²) in [5.74, 6) is -0.350. The zero-order valence-corrected chi connectivity index (χ0v) is 13.9. The van der Waals surface area contributed by atoms with Crippen LogP contribution in [0.5, 0.6) is 5.75 Å². The van der Waals surface area contributed by atoms with Crippen LogP contribution in [0.2, 0.25) is 0 Å². The molecular formula is C17H18N2O3S. The lowest BCUT2D eigenvalue weighted by Crippen LogP contribution is -2.53. The van der Waals surface area contributed by atoms with Gasteiger partial charge in [-0.3, -0.25) is 19.8 Å². The van der Waals surface area contributed by atoms with Crippen LogP contribution in [0, 0.1) is 0 Å². The summed E-state index contributed by atoms with van der Waals surface area (Å²) in [6, 6.07) is 7.23. The number of nitrogens with one attached hydrogen (secondary N) is 1. The Morgan fingerprint density at radius 3 is 2.70 bits per heavy atom. The van der Waals surface area contributed by atoms with Gasteiger partial charge in [-0.15, -0.1) is 6.58 Å². The van der Waals surface area contributed by atoms with Gasteiger partial charge < -0.3 is 4.74 Å². The van der Waals surface area contributed by atoms with E-state index in [0.717, 1.165) is 0 Å². The van der Waals surface area contributed by atoms with E-state index in [-0.39, 0.29) is 23.3 Å². The van der Waals surface area contributed by atoms with Crippen molar-refractivity contribution in [3.8, 4) is 5.75 Å². The number of para-hydroxylation sites is 1. The van der Waals surface area contributed by atoms with Crippen molar-refractivity contribution >= 4 is 35.2 Å². The van der Waals surface area contributed by atoms with Crippen LogP contribution >= 0.6 is 12.2 Å². The van der Waals surface area contributed by atoms with Crippen molar-refractivity contribution < 1.29 is 14.3 Å². The first-order chi connectivity index (χ1) is 10.9. The van der Waals surface area contributed by atoms with Gasteiger partial charge in [0.05, 0.1) is 6.10 Å². The maximum absolute atomic E-state index is 12.5. The third-order valence-electron chi connectivity index (χ3n) is 3.08. The van der Waals surface area contributed by atoms with E-state index in [0.29, 0.717) is 11.3 Å². The van der Waals surface area contributed by atoms with E-state index >= 15 is 0 Å². The highest BCUT2D eigenvalue weighted by Gasteiger charge is 2.32. The van der Waals surface area contributed by atoms with Gasteiger partial charge in [-0.1, -0.05) is 24.3 Å². The topological polar surface area (TPSA) is 58.6 Å². The number of amides is 2. The molecule has 0 saturated carbocycles. The van der Waals surface area contributed by atoms with Crippen LogP contribution in [-0.4, -0.2) is 34.5 Å². The normalized spacial score (nSPS) is 16.7. The van der Waals surface area contributed by atoms with Gasteiger partial charge in [0.25, 0.3) is 11.8 Å². The first kappa shape index (κ1) is 16.9. The Bertz CT molecular complexity index is 695. The van der Waals surface area contributed by atoms with E-state index < -0.39 is 11.8 Å². The lowest BCUT2D eigenvalue weighted by molar-refractivity contribution is -0.128. The van der Waals surface area contributed by atoms with Crippen LogP contribution in [0.15, 0.2) is 42.5 Å². The van der Waals surface area contributed by atoms with Crippen LogP contribution in [0.1, 0.15) is 19.4 Å². The monoisotopic (exact) mass is 330 g/mol. The summed E-state index contributed by atoms with van der Waals surface area (Å²) in [4.78, 5) is 25.9. The fourth-order valence-electron chi connectivity index (χ4n) is 2.11. The molecule has 1 saturated heterocycles. The number of nitrogens with zero attached hydrogens (tertiary/aromatic N) is 1. The zero-order chi connectivity index (χ0) is 17.0. The second-order valence-electron chi connectivity index (χ2n) is 5.23. The molecule has 6 heteroatoms. The van der Waals surface area contributed by atoms with E-state index in [1.165, 1.54) is 11.0 Å². The SMILES string of the molecule is C=CCN1C(=O)/C(=C/c2ccccc2OC(C)C)C(=O)NC1=S. The minimum Gasteiger partial charge on any atom is -0.490 e. The largest absolute Gasteiger partial charge is 0.490 e. The fourth-order valence-corrected chi connectivity index (χ4v) is 2.36. The quantitative estimate of drug-likeness (QED) is 0.389. The van der Waals surface area contributed by atoms with E-state index in [4.69, 9.17) is 17.0 Å². The number of carbonyl (C=O) groups excluding carboxylic acids is 2. The Labute approximate surface area is 140 Å². The molecule has 0 spiro atoms. The third-order valence-corrected chi connectivity index (χ3v) is 3.40. The fraction of sp³-hybridized carbons (Fsp3) is 0.235. The minimum absolute atomic E-state index is 0.0141. The molecule has 1 N–H and O–H groups in total. The number of benzene rings is 1. The van der Waals surface area contributed by atoms with Gasteiger partial charge in [0, 0.05) is 12.1 Å². The van der Waals surface area contributed by atoms with Gasteiger partial charge in [0.1, 0.15) is 11.3 Å². The molecule has 2 amide bonds. The molecule has 120 valence electrons. The summed E-state index contributed by atoms with van der Waals surface area (Å²) in [5, 5.41) is 2.60. The van der Waals surface area contributed by atoms with Crippen molar-refractivity contribution in [1.29, 1.82) is 0 Å². The zero-order valence-electron chi connectivity index (χ0n) is 13.0. The standard InChI is InChI=1S/C17H18N2O3S/c1-4-9-19-16(21)13(15(20)18-17(19)23)10-12-7-5-6-8-14(12)22-11(2)3/h4-8,10-11H,1,9H2,2-3H3,(H,18,20,23)/b13-10+. The summed E-state index contributed by atoms with van der Waals surface area (Å²) in [6.07, 6.45) is 3.05. The van der Waals surface area contributed by atoms with Crippen LogP contribution in [0.25, 0.3) is 6.08 Å². The number of ether oxygens (including phenoxy) is 1. The van der Waals surface area contributed by atoms with Gasteiger partial charge in [-0.05, 0) is 38.2 Å². The molecule has 0 aliphatic carbocycles. The Morgan fingerprint density at radius 1 is 1.35 bits per heavy atom. The van der Waals surface area contributed by atoms with Crippen molar-refractivity contribution in [2.45, 2.75) is 20.0 Å². The Kier molecular flexibility index (Phi) is 5.28. The van der Waals surface area contributed by atoms with Crippen LogP contribution in [-0.2, 0) is 9.59 Å². The maximum atomic E-state index is 12.5. The van der Waals surface area contributed by atoms with Crippen molar-refractivity contribution in [3.05, 3.63) is 48.1 Å². The lowest BCUT2D eigenvalue weighted by atomic mass is 10.1. The maximum Gasteiger partial charge on any atom is 0.265 e. The second kappa shape index (κ2) is 7.19. The van der Waals surface area contributed by atoms with Crippen LogP contribution in [0.3, 0.4) is 0 Å². The smallest absolute Gasteiger partial charge is 0.265 e. The van der Waals surface area contributed by atoms with E-state index in [1.807, 2.05) is 26.0 Å². The number of carbonyl (C=O) groups is 2. The van der Waals surface area contributed by atoms with Crippen LogP contribution < -0.4 is 10.1 Å². The van der Waals surface area contributed by atoms with Gasteiger partial charge in [-0.25, -0.2) is 0 Å². The van der Waals surface area contributed by atoms with E-state index in [1.54, 1.807) is 18.2 Å². The molecule has 0 atom stereocenters.